The zero-order valence-corrected chi connectivity index (χ0v) is 23.0. The number of benzene rings is 2. The summed E-state index contributed by atoms with van der Waals surface area (Å²) in [5.41, 5.74) is 3.45. The topological polar surface area (TPSA) is 70.4 Å². The summed E-state index contributed by atoms with van der Waals surface area (Å²) in [4.78, 5) is 19.5. The second-order valence-corrected chi connectivity index (χ2v) is 10.1. The number of halogens is 2. The molecule has 2 atom stereocenters. The molecule has 3 heterocycles. The van der Waals surface area contributed by atoms with Crippen LogP contribution in [-0.2, 0) is 11.2 Å². The van der Waals surface area contributed by atoms with Crippen molar-refractivity contribution in [2.24, 2.45) is 0 Å². The number of carbonyl (C=O) groups is 1. The van der Waals surface area contributed by atoms with Crippen LogP contribution in [0.25, 0.3) is 11.3 Å². The van der Waals surface area contributed by atoms with Gasteiger partial charge in [0.25, 0.3) is 0 Å². The number of furan rings is 1. The van der Waals surface area contributed by atoms with E-state index in [9.17, 15) is 4.79 Å². The fraction of sp³-hybridized carbons (Fsp3) is 0.207. The summed E-state index contributed by atoms with van der Waals surface area (Å²) in [6.45, 7) is 2.46. The molecule has 4 aromatic rings. The number of thiocarbonyl (C=S) groups is 1. The van der Waals surface area contributed by atoms with Crippen molar-refractivity contribution >= 4 is 52.1 Å². The predicted molar refractivity (Wildman–Crippen MR) is 155 cm³/mol. The summed E-state index contributed by atoms with van der Waals surface area (Å²) in [6.07, 6.45) is 2.83. The predicted octanol–water partition coefficient (Wildman–Crippen LogP) is 7.21. The average molecular weight is 566 g/mol. The van der Waals surface area contributed by atoms with E-state index in [1.165, 1.54) is 0 Å². The third kappa shape index (κ3) is 5.41. The van der Waals surface area contributed by atoms with Gasteiger partial charge in [-0.2, -0.15) is 0 Å². The number of hydrogen-bond acceptors (Lipinski definition) is 4. The summed E-state index contributed by atoms with van der Waals surface area (Å²) in [5, 5.41) is 7.84. The highest BCUT2D eigenvalue weighted by molar-refractivity contribution is 7.80. The van der Waals surface area contributed by atoms with Crippen molar-refractivity contribution in [2.75, 3.05) is 11.9 Å². The van der Waals surface area contributed by atoms with Crippen molar-refractivity contribution in [3.05, 3.63) is 106 Å². The Morgan fingerprint density at radius 1 is 1.08 bits per heavy atom. The highest BCUT2D eigenvalue weighted by Gasteiger charge is 2.41. The Morgan fingerprint density at radius 2 is 1.89 bits per heavy atom. The molecule has 1 fully saturated rings. The normalized spacial score (nSPS) is 16.9. The number of aromatic nitrogens is 1. The number of nitrogens with zero attached hydrogens (tertiary/aromatic N) is 2. The highest BCUT2D eigenvalue weighted by atomic mass is 35.5. The lowest BCUT2D eigenvalue weighted by Gasteiger charge is -2.26. The Labute approximate surface area is 237 Å². The second-order valence-electron chi connectivity index (χ2n) is 8.93. The van der Waals surface area contributed by atoms with Gasteiger partial charge < -0.3 is 20.0 Å². The van der Waals surface area contributed by atoms with Crippen LogP contribution in [0.5, 0.6) is 0 Å². The number of pyridine rings is 1. The molecule has 0 saturated carbocycles. The molecule has 1 aliphatic rings. The van der Waals surface area contributed by atoms with Gasteiger partial charge >= 0.3 is 0 Å². The average Bonchev–Trinajstić information content (AvgIpc) is 3.54. The van der Waals surface area contributed by atoms with E-state index in [1.807, 2.05) is 71.6 Å². The Kier molecular flexibility index (Phi) is 7.98. The first kappa shape index (κ1) is 26.2. The standard InChI is InChI=1S/C29H26Cl2N4O2S/c1-2-18-8-3-4-11-21(18)33-25(36)15-17-35-28(27(34-29(35)38)22-12-5-6-16-32-22)24-14-13-23(37-24)19-9-7-10-20(30)26(19)31/h3-14,16,27-28H,2,15,17H2,1H3,(H,33,36)(H,34,38)/t27-,28-/m0/s1. The van der Waals surface area contributed by atoms with Gasteiger partial charge in [0.05, 0.1) is 21.8 Å². The lowest BCUT2D eigenvalue weighted by molar-refractivity contribution is -0.116. The molecule has 1 saturated heterocycles. The first-order valence-corrected chi connectivity index (χ1v) is 13.5. The van der Waals surface area contributed by atoms with Crippen molar-refractivity contribution in [3.8, 4) is 11.3 Å². The molecular weight excluding hydrogens is 539 g/mol. The van der Waals surface area contributed by atoms with Crippen molar-refractivity contribution in [1.29, 1.82) is 0 Å². The zero-order chi connectivity index (χ0) is 26.6. The van der Waals surface area contributed by atoms with Gasteiger partial charge in [-0.05, 0) is 66.7 Å². The fourth-order valence-corrected chi connectivity index (χ4v) is 5.42. The van der Waals surface area contributed by atoms with Crippen molar-refractivity contribution < 1.29 is 9.21 Å². The van der Waals surface area contributed by atoms with Crippen LogP contribution in [-0.4, -0.2) is 27.4 Å². The first-order chi connectivity index (χ1) is 18.5. The number of rotatable bonds is 8. The van der Waals surface area contributed by atoms with Gasteiger partial charge in [0.15, 0.2) is 5.11 Å². The number of hydrogen-bond donors (Lipinski definition) is 2. The summed E-state index contributed by atoms with van der Waals surface area (Å²) >= 11 is 18.4. The van der Waals surface area contributed by atoms with Gasteiger partial charge in [-0.1, -0.05) is 60.5 Å². The largest absolute Gasteiger partial charge is 0.459 e. The summed E-state index contributed by atoms with van der Waals surface area (Å²) in [5.74, 6) is 1.19. The van der Waals surface area contributed by atoms with Crippen LogP contribution in [0, 0.1) is 0 Å². The summed E-state index contributed by atoms with van der Waals surface area (Å²) < 4.78 is 6.34. The lowest BCUT2D eigenvalue weighted by Crippen LogP contribution is -2.32. The van der Waals surface area contributed by atoms with E-state index in [1.54, 1.807) is 12.3 Å². The molecular formula is C29H26Cl2N4O2S. The molecule has 5 rings (SSSR count). The van der Waals surface area contributed by atoms with Crippen LogP contribution in [0.2, 0.25) is 10.0 Å². The van der Waals surface area contributed by atoms with Gasteiger partial charge in [-0.25, -0.2) is 0 Å². The molecule has 0 spiro atoms. The number of aryl methyl sites for hydroxylation is 1. The van der Waals surface area contributed by atoms with E-state index in [-0.39, 0.29) is 24.4 Å². The van der Waals surface area contributed by atoms with Gasteiger partial charge in [0.1, 0.15) is 17.6 Å². The van der Waals surface area contributed by atoms with Crippen LogP contribution in [0.3, 0.4) is 0 Å². The van der Waals surface area contributed by atoms with Crippen LogP contribution >= 0.6 is 35.4 Å². The molecule has 2 aromatic carbocycles. The Morgan fingerprint density at radius 3 is 2.68 bits per heavy atom. The minimum Gasteiger partial charge on any atom is -0.459 e. The Balaban J connectivity index is 1.41. The van der Waals surface area contributed by atoms with E-state index in [2.05, 4.69) is 22.5 Å². The quantitative estimate of drug-likeness (QED) is 0.220. The minimum absolute atomic E-state index is 0.0837. The molecule has 1 amide bonds. The maximum absolute atomic E-state index is 12.9. The molecule has 0 radical (unpaired) electrons. The fourth-order valence-electron chi connectivity index (χ4n) is 4.69. The van der Waals surface area contributed by atoms with Gasteiger partial charge in [0, 0.05) is 30.4 Å². The lowest BCUT2D eigenvalue weighted by atomic mass is 10.0. The van der Waals surface area contributed by atoms with Crippen molar-refractivity contribution in [2.45, 2.75) is 31.8 Å². The Bertz CT molecular complexity index is 1460. The first-order valence-electron chi connectivity index (χ1n) is 12.4. The number of anilines is 1. The zero-order valence-electron chi connectivity index (χ0n) is 20.7. The van der Waals surface area contributed by atoms with Gasteiger partial charge in [-0.3, -0.25) is 9.78 Å². The maximum atomic E-state index is 12.9. The molecule has 0 unspecified atom stereocenters. The van der Waals surface area contributed by atoms with Gasteiger partial charge in [0.2, 0.25) is 5.91 Å². The third-order valence-corrected chi connectivity index (χ3v) is 7.76. The van der Waals surface area contributed by atoms with Crippen LogP contribution in [0.1, 0.15) is 42.4 Å². The third-order valence-electron chi connectivity index (χ3n) is 6.59. The molecule has 6 nitrogen and oxygen atoms in total. The number of carbonyl (C=O) groups excluding carboxylic acids is 1. The van der Waals surface area contributed by atoms with E-state index < -0.39 is 0 Å². The molecule has 1 aliphatic heterocycles. The van der Waals surface area contributed by atoms with E-state index >= 15 is 0 Å². The number of para-hydroxylation sites is 1. The van der Waals surface area contributed by atoms with Crippen molar-refractivity contribution in [1.82, 2.24) is 15.2 Å². The summed E-state index contributed by atoms with van der Waals surface area (Å²) in [7, 11) is 0. The SMILES string of the molecule is CCc1ccccc1NC(=O)CCN1C(=S)N[C@@H](c2ccccn2)[C@@H]1c1ccc(-c2cccc(Cl)c2Cl)o1. The van der Waals surface area contributed by atoms with Crippen LogP contribution in [0.15, 0.2) is 83.4 Å². The molecule has 38 heavy (non-hydrogen) atoms. The number of amides is 1. The monoisotopic (exact) mass is 564 g/mol. The Hall–Kier alpha value is -3.39. The van der Waals surface area contributed by atoms with Crippen molar-refractivity contribution in [3.63, 3.8) is 0 Å². The maximum Gasteiger partial charge on any atom is 0.226 e. The van der Waals surface area contributed by atoms with Gasteiger partial charge in [-0.15, -0.1) is 0 Å². The summed E-state index contributed by atoms with van der Waals surface area (Å²) in [6, 6.07) is 22.2. The smallest absolute Gasteiger partial charge is 0.226 e. The molecule has 2 aromatic heterocycles. The van der Waals surface area contributed by atoms with E-state index in [4.69, 9.17) is 39.8 Å². The molecule has 194 valence electrons. The molecule has 0 aliphatic carbocycles. The number of nitrogens with one attached hydrogen (secondary N) is 2. The van der Waals surface area contributed by atoms with E-state index in [0.717, 1.165) is 23.4 Å². The molecule has 9 heteroatoms. The second kappa shape index (κ2) is 11.6. The van der Waals surface area contributed by atoms with Crippen LogP contribution < -0.4 is 10.6 Å². The molecule has 0 bridgehead atoms. The molecule has 2 N–H and O–H groups in total. The van der Waals surface area contributed by atoms with Crippen LogP contribution in [0.4, 0.5) is 5.69 Å². The highest BCUT2D eigenvalue weighted by Crippen LogP contribution is 2.42. The van der Waals surface area contributed by atoms with E-state index in [0.29, 0.717) is 38.8 Å². The minimum atomic E-state index is -0.320.